The molecule has 2 fully saturated rings. The van der Waals surface area contributed by atoms with Gasteiger partial charge in [0.25, 0.3) is 0 Å². The number of carbonyl (C=O) groups is 2. The molecule has 3 atom stereocenters. The second-order valence-corrected chi connectivity index (χ2v) is 11.4. The van der Waals surface area contributed by atoms with E-state index in [1.807, 2.05) is 12.1 Å². The van der Waals surface area contributed by atoms with E-state index in [4.69, 9.17) is 18.9 Å². The van der Waals surface area contributed by atoms with Gasteiger partial charge in [0, 0.05) is 32.7 Å². The molecule has 0 amide bonds. The molecule has 0 spiro atoms. The van der Waals surface area contributed by atoms with E-state index >= 15 is 0 Å². The standard InChI is InChI=1S/C29H39IN4O8/c30-27(22-5-2-7-24(32-22)29(37)38)34-12-15-40-19-18-39-14-10-33(20-21-4-1-6-23(31-21)28(35)36)11-16-41-25-8-3-9-26(25)42-17-13-34/h1-2,4-7,25-27H,3,8-20H2,(H,35,36)(H,37,38). The summed E-state index contributed by atoms with van der Waals surface area (Å²) in [5, 5.41) is 18.7. The Hall–Kier alpha value is -2.27. The van der Waals surface area contributed by atoms with Gasteiger partial charge in [0.05, 0.1) is 63.2 Å². The van der Waals surface area contributed by atoms with Crippen LogP contribution in [0.15, 0.2) is 36.4 Å². The molecule has 0 aromatic carbocycles. The van der Waals surface area contributed by atoms with E-state index in [2.05, 4.69) is 42.4 Å². The lowest BCUT2D eigenvalue weighted by atomic mass is 10.2. The van der Waals surface area contributed by atoms with E-state index in [9.17, 15) is 19.8 Å². The van der Waals surface area contributed by atoms with Crippen molar-refractivity contribution in [1.29, 1.82) is 0 Å². The average Bonchev–Trinajstić information content (AvgIpc) is 3.43. The topological polar surface area (TPSA) is 144 Å². The van der Waals surface area contributed by atoms with Crippen LogP contribution in [0.3, 0.4) is 0 Å². The highest BCUT2D eigenvalue weighted by Gasteiger charge is 2.29. The summed E-state index contributed by atoms with van der Waals surface area (Å²) >= 11 is 2.29. The summed E-state index contributed by atoms with van der Waals surface area (Å²) in [7, 11) is 0. The molecule has 13 heteroatoms. The van der Waals surface area contributed by atoms with Crippen molar-refractivity contribution in [2.45, 2.75) is 42.1 Å². The number of hydrogen-bond acceptors (Lipinski definition) is 10. The van der Waals surface area contributed by atoms with Crippen molar-refractivity contribution in [3.8, 4) is 0 Å². The fourth-order valence-electron chi connectivity index (χ4n) is 5.04. The van der Waals surface area contributed by atoms with Crippen LogP contribution in [0.25, 0.3) is 0 Å². The average molecular weight is 699 g/mol. The van der Waals surface area contributed by atoms with Crippen molar-refractivity contribution >= 4 is 34.5 Å². The number of aromatic carboxylic acids is 2. The Bertz CT molecular complexity index is 1160. The first-order valence-electron chi connectivity index (χ1n) is 14.3. The van der Waals surface area contributed by atoms with Crippen molar-refractivity contribution in [2.75, 3.05) is 65.8 Å². The Labute approximate surface area is 259 Å². The minimum atomic E-state index is -1.05. The molecule has 1 saturated carbocycles. The molecule has 1 aliphatic heterocycles. The SMILES string of the molecule is O=C(O)c1cccc(CN2CCOCCOCCN(C(I)c3cccc(C(=O)O)n3)CCOC3CCCC3OCC2)n1. The fourth-order valence-corrected chi connectivity index (χ4v) is 5.94. The van der Waals surface area contributed by atoms with Crippen LogP contribution in [0, 0.1) is 0 Å². The maximum absolute atomic E-state index is 11.4. The summed E-state index contributed by atoms with van der Waals surface area (Å²) in [6.07, 6.45) is 2.93. The zero-order valence-corrected chi connectivity index (χ0v) is 25.8. The molecule has 12 nitrogen and oxygen atoms in total. The minimum Gasteiger partial charge on any atom is -0.477 e. The second kappa shape index (κ2) is 17.1. The van der Waals surface area contributed by atoms with Gasteiger partial charge >= 0.3 is 11.9 Å². The Morgan fingerprint density at radius 2 is 1.38 bits per heavy atom. The first kappa shape index (κ1) is 32.6. The number of rotatable bonds is 6. The van der Waals surface area contributed by atoms with Crippen LogP contribution < -0.4 is 0 Å². The number of halogens is 1. The van der Waals surface area contributed by atoms with E-state index in [-0.39, 0.29) is 27.6 Å². The summed E-state index contributed by atoms with van der Waals surface area (Å²) in [6.45, 7) is 5.91. The lowest BCUT2D eigenvalue weighted by Gasteiger charge is -2.29. The van der Waals surface area contributed by atoms with E-state index in [0.29, 0.717) is 83.8 Å². The molecule has 2 aromatic heterocycles. The van der Waals surface area contributed by atoms with Crippen molar-refractivity contribution in [2.24, 2.45) is 0 Å². The predicted octanol–water partition coefficient (Wildman–Crippen LogP) is 3.11. The van der Waals surface area contributed by atoms with Crippen LogP contribution in [0.1, 0.15) is 55.7 Å². The molecule has 0 bridgehead atoms. The maximum Gasteiger partial charge on any atom is 0.354 e. The molecular weight excluding hydrogens is 659 g/mol. The number of carboxylic acid groups (broad SMARTS) is 2. The van der Waals surface area contributed by atoms with E-state index < -0.39 is 11.9 Å². The lowest BCUT2D eigenvalue weighted by molar-refractivity contribution is -0.0668. The van der Waals surface area contributed by atoms with Gasteiger partial charge in [-0.3, -0.25) is 9.80 Å². The normalized spacial score (nSPS) is 23.4. The Kier molecular flexibility index (Phi) is 13.3. The Morgan fingerprint density at radius 3 is 2.07 bits per heavy atom. The molecule has 4 rings (SSSR count). The number of nitrogens with zero attached hydrogens (tertiary/aromatic N) is 4. The van der Waals surface area contributed by atoms with Crippen LogP contribution in [-0.4, -0.2) is 120 Å². The van der Waals surface area contributed by atoms with Gasteiger partial charge in [0.15, 0.2) is 0 Å². The maximum atomic E-state index is 11.4. The molecule has 230 valence electrons. The van der Waals surface area contributed by atoms with Crippen LogP contribution in [-0.2, 0) is 25.5 Å². The number of carboxylic acids is 2. The fraction of sp³-hybridized carbons (Fsp3) is 0.586. The number of hydrogen-bond donors (Lipinski definition) is 2. The van der Waals surface area contributed by atoms with Crippen molar-refractivity contribution in [3.05, 3.63) is 59.2 Å². The second-order valence-electron chi connectivity index (χ2n) is 10.2. The van der Waals surface area contributed by atoms with E-state index in [1.165, 1.54) is 12.1 Å². The van der Waals surface area contributed by atoms with Gasteiger partial charge in [-0.15, -0.1) is 0 Å². The summed E-state index contributed by atoms with van der Waals surface area (Å²) in [5.41, 5.74) is 1.42. The first-order chi connectivity index (χ1) is 20.4. The molecule has 2 aromatic rings. The van der Waals surface area contributed by atoms with Crippen molar-refractivity contribution in [1.82, 2.24) is 19.8 Å². The van der Waals surface area contributed by atoms with Gasteiger partial charge in [-0.2, -0.15) is 0 Å². The summed E-state index contributed by atoms with van der Waals surface area (Å²) < 4.78 is 24.2. The smallest absolute Gasteiger partial charge is 0.354 e. The molecule has 42 heavy (non-hydrogen) atoms. The van der Waals surface area contributed by atoms with Gasteiger partial charge in [0.2, 0.25) is 0 Å². The van der Waals surface area contributed by atoms with Crippen LogP contribution in [0.2, 0.25) is 0 Å². The van der Waals surface area contributed by atoms with Gasteiger partial charge in [-0.25, -0.2) is 19.6 Å². The van der Waals surface area contributed by atoms with Crippen molar-refractivity contribution < 1.29 is 38.7 Å². The molecule has 1 saturated heterocycles. The van der Waals surface area contributed by atoms with Gasteiger partial charge in [-0.1, -0.05) is 34.7 Å². The summed E-state index contributed by atoms with van der Waals surface area (Å²) in [5.74, 6) is -2.09. The van der Waals surface area contributed by atoms with Crippen LogP contribution in [0.4, 0.5) is 0 Å². The Balaban J connectivity index is 1.37. The van der Waals surface area contributed by atoms with E-state index in [0.717, 1.165) is 19.3 Å². The summed E-state index contributed by atoms with van der Waals surface area (Å²) in [6, 6.07) is 10.1. The van der Waals surface area contributed by atoms with E-state index in [1.54, 1.807) is 12.1 Å². The van der Waals surface area contributed by atoms with Gasteiger partial charge in [-0.05, 0) is 43.5 Å². The third-order valence-electron chi connectivity index (χ3n) is 7.25. The predicted molar refractivity (Wildman–Crippen MR) is 161 cm³/mol. The number of alkyl halides is 1. The number of aromatic nitrogens is 2. The molecule has 2 aliphatic rings. The Morgan fingerprint density at radius 1 is 0.810 bits per heavy atom. The molecule has 3 unspecified atom stereocenters. The lowest BCUT2D eigenvalue weighted by Crippen LogP contribution is -2.37. The molecule has 0 radical (unpaired) electrons. The number of pyridine rings is 2. The third-order valence-corrected chi connectivity index (χ3v) is 8.68. The van der Waals surface area contributed by atoms with Crippen LogP contribution >= 0.6 is 22.6 Å². The largest absolute Gasteiger partial charge is 0.477 e. The molecule has 1 aliphatic carbocycles. The third kappa shape index (κ3) is 10.2. The first-order valence-corrected chi connectivity index (χ1v) is 15.5. The van der Waals surface area contributed by atoms with Crippen LogP contribution in [0.5, 0.6) is 0 Å². The van der Waals surface area contributed by atoms with Crippen molar-refractivity contribution in [3.63, 3.8) is 0 Å². The highest BCUT2D eigenvalue weighted by Crippen LogP contribution is 2.28. The zero-order valence-electron chi connectivity index (χ0n) is 23.6. The zero-order chi connectivity index (χ0) is 29.7. The molecule has 3 heterocycles. The minimum absolute atomic E-state index is 0.00815. The quantitative estimate of drug-likeness (QED) is 0.260. The monoisotopic (exact) mass is 698 g/mol. The number of fused-ring (bicyclic) bond motifs is 1. The van der Waals surface area contributed by atoms with Gasteiger partial charge < -0.3 is 29.2 Å². The molecular formula is C29H39IN4O8. The molecule has 2 N–H and O–H groups in total. The number of ether oxygens (including phenoxy) is 4. The van der Waals surface area contributed by atoms with Gasteiger partial charge in [0.1, 0.15) is 15.4 Å². The summed E-state index contributed by atoms with van der Waals surface area (Å²) in [4.78, 5) is 35.8. The highest BCUT2D eigenvalue weighted by atomic mass is 127. The highest BCUT2D eigenvalue weighted by molar-refractivity contribution is 14.1.